The molecule has 0 unspecified atom stereocenters. The van der Waals surface area contributed by atoms with E-state index in [1.165, 1.54) is 17.3 Å². The zero-order valence-electron chi connectivity index (χ0n) is 7.78. The fourth-order valence-electron chi connectivity index (χ4n) is 0.671. The number of rotatable bonds is 10. The third-order valence-corrected chi connectivity index (χ3v) is 4.12. The summed E-state index contributed by atoms with van der Waals surface area (Å²) in [7, 11) is 0. The Labute approximate surface area is 101 Å². The number of hydrogen-bond acceptors (Lipinski definition) is 5. The van der Waals surface area contributed by atoms with Gasteiger partial charge in [0, 0.05) is 28.8 Å². The maximum absolute atomic E-state index is 5.29. The molecule has 0 aromatic carbocycles. The van der Waals surface area contributed by atoms with E-state index in [1.807, 2.05) is 23.5 Å². The molecule has 0 radical (unpaired) electrons. The summed E-state index contributed by atoms with van der Waals surface area (Å²) in [5, 5.41) is 0. The zero-order valence-corrected chi connectivity index (χ0v) is 11.2. The van der Waals surface area contributed by atoms with Crippen molar-refractivity contribution in [2.24, 2.45) is 0 Å². The second-order valence-corrected chi connectivity index (χ2v) is 5.63. The Bertz CT molecular complexity index is 82.2. The summed E-state index contributed by atoms with van der Waals surface area (Å²) in [6, 6.07) is 0. The predicted octanol–water partition coefficient (Wildman–Crippen LogP) is 2.33. The van der Waals surface area contributed by atoms with Crippen LogP contribution in [0.25, 0.3) is 0 Å². The van der Waals surface area contributed by atoms with E-state index in [0.29, 0.717) is 0 Å². The maximum Gasteiger partial charge on any atom is 0.0557 e. The van der Waals surface area contributed by atoms with Crippen LogP contribution in [0.5, 0.6) is 0 Å². The van der Waals surface area contributed by atoms with Gasteiger partial charge in [0.05, 0.1) is 13.2 Å². The largest absolute Gasteiger partial charge is 0.380 e. The minimum Gasteiger partial charge on any atom is -0.380 e. The Kier molecular flexibility index (Phi) is 14.8. The van der Waals surface area contributed by atoms with Gasteiger partial charge in [-0.2, -0.15) is 48.8 Å². The van der Waals surface area contributed by atoms with Crippen LogP contribution >= 0.6 is 48.8 Å². The summed E-state index contributed by atoms with van der Waals surface area (Å²) in [5.41, 5.74) is 0. The van der Waals surface area contributed by atoms with Crippen LogP contribution in [0.3, 0.4) is 0 Å². The van der Waals surface area contributed by atoms with Crippen molar-refractivity contribution in [1.29, 1.82) is 0 Å². The fraction of sp³-hybridized carbons (Fsp3) is 1.00. The minimum absolute atomic E-state index is 0.776. The van der Waals surface area contributed by atoms with Gasteiger partial charge >= 0.3 is 0 Å². The van der Waals surface area contributed by atoms with Crippen molar-refractivity contribution in [3.05, 3.63) is 0 Å². The van der Waals surface area contributed by atoms with Crippen molar-refractivity contribution < 1.29 is 4.74 Å². The number of thiol groups is 2. The molecule has 0 saturated carbocycles. The Hall–Kier alpha value is 1.36. The standard InChI is InChI=1S/C8H18OS4/c10-3-1-9-2-5-12-7-8-13-6-4-11/h10-11H,1-8H2. The first-order chi connectivity index (χ1) is 6.41. The molecule has 0 aromatic rings. The zero-order chi connectivity index (χ0) is 9.78. The van der Waals surface area contributed by atoms with Gasteiger partial charge in [-0.1, -0.05) is 0 Å². The van der Waals surface area contributed by atoms with Crippen LogP contribution in [0.4, 0.5) is 0 Å². The molecule has 0 bridgehead atoms. The molecule has 0 aliphatic carbocycles. The summed E-state index contributed by atoms with van der Waals surface area (Å²) in [6.45, 7) is 1.64. The third kappa shape index (κ3) is 13.4. The highest BCUT2D eigenvalue weighted by Gasteiger charge is 1.90. The van der Waals surface area contributed by atoms with Gasteiger partial charge in [-0.25, -0.2) is 0 Å². The molecule has 0 aliphatic rings. The van der Waals surface area contributed by atoms with Crippen molar-refractivity contribution >= 4 is 48.8 Å². The van der Waals surface area contributed by atoms with Crippen LogP contribution in [-0.2, 0) is 4.74 Å². The Morgan fingerprint density at radius 3 is 2.08 bits per heavy atom. The summed E-state index contributed by atoms with van der Waals surface area (Å²) in [5.74, 6) is 6.54. The fourth-order valence-corrected chi connectivity index (χ4v) is 2.90. The molecule has 0 aromatic heterocycles. The molecular weight excluding hydrogens is 240 g/mol. The molecule has 0 N–H and O–H groups in total. The minimum atomic E-state index is 0.776. The molecule has 80 valence electrons. The van der Waals surface area contributed by atoms with Gasteiger partial charge in [0.25, 0.3) is 0 Å². The lowest BCUT2D eigenvalue weighted by molar-refractivity contribution is 0.167. The SMILES string of the molecule is SCCOCCSCCSCCS. The van der Waals surface area contributed by atoms with Crippen molar-refractivity contribution in [1.82, 2.24) is 0 Å². The quantitative estimate of drug-likeness (QED) is 0.460. The topological polar surface area (TPSA) is 9.23 Å². The van der Waals surface area contributed by atoms with E-state index in [4.69, 9.17) is 4.74 Å². The van der Waals surface area contributed by atoms with Crippen LogP contribution < -0.4 is 0 Å². The Balaban J connectivity index is 2.76. The van der Waals surface area contributed by atoms with E-state index in [0.717, 1.165) is 30.5 Å². The van der Waals surface area contributed by atoms with Crippen LogP contribution in [0.15, 0.2) is 0 Å². The predicted molar refractivity (Wildman–Crippen MR) is 73.2 cm³/mol. The number of hydrogen-bond donors (Lipinski definition) is 2. The first kappa shape index (κ1) is 14.4. The molecule has 0 amide bonds. The molecule has 0 spiro atoms. The van der Waals surface area contributed by atoms with E-state index in [-0.39, 0.29) is 0 Å². The van der Waals surface area contributed by atoms with Crippen molar-refractivity contribution in [2.75, 3.05) is 47.7 Å². The van der Waals surface area contributed by atoms with Crippen molar-refractivity contribution in [2.45, 2.75) is 0 Å². The summed E-state index contributed by atoms with van der Waals surface area (Å²) in [4.78, 5) is 0. The smallest absolute Gasteiger partial charge is 0.0557 e. The van der Waals surface area contributed by atoms with Crippen LogP contribution in [0, 0.1) is 0 Å². The van der Waals surface area contributed by atoms with Crippen molar-refractivity contribution in [3.63, 3.8) is 0 Å². The molecule has 5 heteroatoms. The highest BCUT2D eigenvalue weighted by Crippen LogP contribution is 2.06. The van der Waals surface area contributed by atoms with Gasteiger partial charge < -0.3 is 4.74 Å². The van der Waals surface area contributed by atoms with Gasteiger partial charge in [-0.05, 0) is 5.75 Å². The first-order valence-corrected chi connectivity index (χ1v) is 7.94. The average Bonchev–Trinajstić information content (AvgIpc) is 2.16. The molecule has 0 atom stereocenters. The van der Waals surface area contributed by atoms with Gasteiger partial charge in [0.15, 0.2) is 0 Å². The summed E-state index contributed by atoms with van der Waals surface area (Å²) in [6.07, 6.45) is 0. The molecule has 0 fully saturated rings. The van der Waals surface area contributed by atoms with Gasteiger partial charge in [0.2, 0.25) is 0 Å². The highest BCUT2D eigenvalue weighted by molar-refractivity contribution is 8.03. The second kappa shape index (κ2) is 13.4. The van der Waals surface area contributed by atoms with Gasteiger partial charge in [0.1, 0.15) is 0 Å². The summed E-state index contributed by atoms with van der Waals surface area (Å²) < 4.78 is 5.29. The Morgan fingerprint density at radius 1 is 0.769 bits per heavy atom. The van der Waals surface area contributed by atoms with Crippen LogP contribution in [-0.4, -0.2) is 47.7 Å². The normalized spacial score (nSPS) is 10.6. The average molecular weight is 258 g/mol. The molecule has 0 rings (SSSR count). The molecule has 1 nitrogen and oxygen atoms in total. The summed E-state index contributed by atoms with van der Waals surface area (Å²) >= 11 is 12.1. The van der Waals surface area contributed by atoms with Gasteiger partial charge in [-0.15, -0.1) is 0 Å². The highest BCUT2D eigenvalue weighted by atomic mass is 32.2. The lowest BCUT2D eigenvalue weighted by atomic mass is 10.8. The lowest BCUT2D eigenvalue weighted by Gasteiger charge is -2.02. The van der Waals surface area contributed by atoms with E-state index in [1.54, 1.807) is 0 Å². The van der Waals surface area contributed by atoms with Crippen LogP contribution in [0.2, 0.25) is 0 Å². The van der Waals surface area contributed by atoms with Crippen molar-refractivity contribution in [3.8, 4) is 0 Å². The van der Waals surface area contributed by atoms with E-state index in [2.05, 4.69) is 25.3 Å². The van der Waals surface area contributed by atoms with E-state index >= 15 is 0 Å². The second-order valence-electron chi connectivity index (χ2n) is 2.28. The molecule has 0 aliphatic heterocycles. The number of ether oxygens (including phenoxy) is 1. The molecule has 0 heterocycles. The lowest BCUT2D eigenvalue weighted by Crippen LogP contribution is -2.01. The third-order valence-electron chi connectivity index (χ3n) is 1.22. The Morgan fingerprint density at radius 2 is 1.46 bits per heavy atom. The molecule has 13 heavy (non-hydrogen) atoms. The van der Waals surface area contributed by atoms with E-state index in [9.17, 15) is 0 Å². The maximum atomic E-state index is 5.29. The van der Waals surface area contributed by atoms with E-state index < -0.39 is 0 Å². The van der Waals surface area contributed by atoms with Crippen LogP contribution in [0.1, 0.15) is 0 Å². The molecular formula is C8H18OS4. The monoisotopic (exact) mass is 258 g/mol. The number of thioether (sulfide) groups is 2. The molecule has 0 saturated heterocycles. The first-order valence-electron chi connectivity index (χ1n) is 4.36. The van der Waals surface area contributed by atoms with Gasteiger partial charge in [-0.3, -0.25) is 0 Å².